The first-order chi connectivity index (χ1) is 9.69. The summed E-state index contributed by atoms with van der Waals surface area (Å²) in [6, 6.07) is 11.7. The van der Waals surface area contributed by atoms with Crippen molar-refractivity contribution in [2.24, 2.45) is 5.73 Å². The van der Waals surface area contributed by atoms with Gasteiger partial charge in [-0.25, -0.2) is 0 Å². The average Bonchev–Trinajstić information content (AvgIpc) is 3.20. The Kier molecular flexibility index (Phi) is 3.32. The quantitative estimate of drug-likeness (QED) is 0.929. The lowest BCUT2D eigenvalue weighted by molar-refractivity contribution is 0.0957. The van der Waals surface area contributed by atoms with Gasteiger partial charge in [0.25, 0.3) is 5.91 Å². The van der Waals surface area contributed by atoms with Crippen LogP contribution in [-0.4, -0.2) is 11.9 Å². The van der Waals surface area contributed by atoms with Crippen LogP contribution in [0, 0.1) is 6.92 Å². The highest BCUT2D eigenvalue weighted by atomic mass is 16.3. The fourth-order valence-electron chi connectivity index (χ4n) is 2.29. The highest BCUT2D eigenvalue weighted by Gasteiger charge is 2.35. The number of benzene rings is 1. The molecule has 20 heavy (non-hydrogen) atoms. The molecule has 0 radical (unpaired) electrons. The van der Waals surface area contributed by atoms with E-state index < -0.39 is 0 Å². The first kappa shape index (κ1) is 12.9. The summed E-state index contributed by atoms with van der Waals surface area (Å²) in [5.41, 5.74) is 7.57. The summed E-state index contributed by atoms with van der Waals surface area (Å²) in [5.74, 6) is 1.08. The van der Waals surface area contributed by atoms with Crippen LogP contribution in [0.2, 0.25) is 0 Å². The maximum atomic E-state index is 12.6. The van der Waals surface area contributed by atoms with Crippen LogP contribution in [0.4, 0.5) is 5.69 Å². The van der Waals surface area contributed by atoms with E-state index in [-0.39, 0.29) is 11.9 Å². The summed E-state index contributed by atoms with van der Waals surface area (Å²) in [6.07, 6.45) is 2.09. The molecular formula is C16H18N2O2. The molecule has 0 unspecified atom stereocenters. The summed E-state index contributed by atoms with van der Waals surface area (Å²) >= 11 is 0. The molecule has 0 aliphatic heterocycles. The van der Waals surface area contributed by atoms with Crippen molar-refractivity contribution in [3.63, 3.8) is 0 Å². The zero-order valence-electron chi connectivity index (χ0n) is 11.5. The normalized spacial score (nSPS) is 14.3. The number of hydrogen-bond donors (Lipinski definition) is 1. The summed E-state index contributed by atoms with van der Waals surface area (Å²) in [6.45, 7) is 2.35. The van der Waals surface area contributed by atoms with Crippen LogP contribution < -0.4 is 10.6 Å². The molecule has 1 aromatic carbocycles. The van der Waals surface area contributed by atoms with E-state index in [1.165, 1.54) is 0 Å². The molecule has 0 saturated heterocycles. The molecule has 1 heterocycles. The molecule has 2 aromatic rings. The summed E-state index contributed by atoms with van der Waals surface area (Å²) in [4.78, 5) is 14.4. The Bertz CT molecular complexity index is 612. The lowest BCUT2D eigenvalue weighted by Gasteiger charge is -2.21. The summed E-state index contributed by atoms with van der Waals surface area (Å²) < 4.78 is 5.46. The van der Waals surface area contributed by atoms with Gasteiger partial charge in [-0.1, -0.05) is 12.1 Å². The van der Waals surface area contributed by atoms with Crippen LogP contribution in [-0.2, 0) is 6.54 Å². The molecule has 104 valence electrons. The minimum Gasteiger partial charge on any atom is -0.456 e. The van der Waals surface area contributed by atoms with Crippen molar-refractivity contribution in [3.05, 3.63) is 53.5 Å². The van der Waals surface area contributed by atoms with Gasteiger partial charge in [-0.2, -0.15) is 0 Å². The molecule has 1 fully saturated rings. The lowest BCUT2D eigenvalue weighted by Crippen LogP contribution is -2.32. The Balaban J connectivity index is 1.90. The molecule has 0 spiro atoms. The van der Waals surface area contributed by atoms with Crippen LogP contribution >= 0.6 is 0 Å². The maximum absolute atomic E-state index is 12.6. The SMILES string of the molecule is Cc1ccc(C(=O)N(c2ccc(CN)cc2)C2CC2)o1. The molecule has 1 aliphatic rings. The number of rotatable bonds is 4. The van der Waals surface area contributed by atoms with Gasteiger partial charge in [0.05, 0.1) is 0 Å². The number of hydrogen-bond acceptors (Lipinski definition) is 3. The van der Waals surface area contributed by atoms with Gasteiger partial charge in [-0.3, -0.25) is 4.79 Å². The first-order valence-electron chi connectivity index (χ1n) is 6.88. The standard InChI is InChI=1S/C16H18N2O2/c1-11-2-9-15(20-11)16(19)18(14-7-8-14)13-5-3-12(10-17)4-6-13/h2-6,9,14H,7-8,10,17H2,1H3. The molecule has 1 aliphatic carbocycles. The van der Waals surface area contributed by atoms with Gasteiger partial charge in [-0.15, -0.1) is 0 Å². The molecular weight excluding hydrogens is 252 g/mol. The number of amides is 1. The van der Waals surface area contributed by atoms with Crippen molar-refractivity contribution < 1.29 is 9.21 Å². The summed E-state index contributed by atoms with van der Waals surface area (Å²) in [7, 11) is 0. The predicted octanol–water partition coefficient (Wildman–Crippen LogP) is 2.86. The van der Waals surface area contributed by atoms with E-state index in [0.29, 0.717) is 12.3 Å². The number of carbonyl (C=O) groups is 1. The van der Waals surface area contributed by atoms with E-state index >= 15 is 0 Å². The van der Waals surface area contributed by atoms with E-state index in [1.807, 2.05) is 42.2 Å². The Morgan fingerprint density at radius 1 is 1.25 bits per heavy atom. The molecule has 4 nitrogen and oxygen atoms in total. The molecule has 3 rings (SSSR count). The van der Waals surface area contributed by atoms with Crippen molar-refractivity contribution in [1.82, 2.24) is 0 Å². The number of nitrogens with zero attached hydrogens (tertiary/aromatic N) is 1. The van der Waals surface area contributed by atoms with Gasteiger partial charge in [0.1, 0.15) is 5.76 Å². The lowest BCUT2D eigenvalue weighted by atomic mass is 10.2. The van der Waals surface area contributed by atoms with E-state index in [4.69, 9.17) is 10.2 Å². The van der Waals surface area contributed by atoms with Crippen molar-refractivity contribution in [2.45, 2.75) is 32.4 Å². The number of anilines is 1. The third-order valence-corrected chi connectivity index (χ3v) is 3.53. The monoisotopic (exact) mass is 270 g/mol. The highest BCUT2D eigenvalue weighted by Crippen LogP contribution is 2.33. The third kappa shape index (κ3) is 2.47. The Labute approximate surface area is 118 Å². The number of furan rings is 1. The van der Waals surface area contributed by atoms with Crippen LogP contribution in [0.1, 0.15) is 34.7 Å². The van der Waals surface area contributed by atoms with Gasteiger partial charge < -0.3 is 15.1 Å². The van der Waals surface area contributed by atoms with Gasteiger partial charge in [-0.05, 0) is 49.6 Å². The van der Waals surface area contributed by atoms with E-state index in [0.717, 1.165) is 29.9 Å². The minimum absolute atomic E-state index is 0.0684. The van der Waals surface area contributed by atoms with Crippen LogP contribution in [0.15, 0.2) is 40.8 Å². The number of aryl methyl sites for hydroxylation is 1. The topological polar surface area (TPSA) is 59.5 Å². The fourth-order valence-corrected chi connectivity index (χ4v) is 2.29. The van der Waals surface area contributed by atoms with Gasteiger partial charge >= 0.3 is 0 Å². The smallest absolute Gasteiger partial charge is 0.294 e. The zero-order chi connectivity index (χ0) is 14.1. The second kappa shape index (κ2) is 5.13. The van der Waals surface area contributed by atoms with Crippen molar-refractivity contribution in [3.8, 4) is 0 Å². The van der Waals surface area contributed by atoms with Crippen molar-refractivity contribution in [1.29, 1.82) is 0 Å². The van der Waals surface area contributed by atoms with E-state index in [9.17, 15) is 4.79 Å². The minimum atomic E-state index is -0.0684. The van der Waals surface area contributed by atoms with Gasteiger partial charge in [0, 0.05) is 18.3 Å². The molecule has 0 atom stereocenters. The molecule has 2 N–H and O–H groups in total. The van der Waals surface area contributed by atoms with Crippen molar-refractivity contribution in [2.75, 3.05) is 4.90 Å². The van der Waals surface area contributed by atoms with E-state index in [2.05, 4.69) is 0 Å². The van der Waals surface area contributed by atoms with Gasteiger partial charge in [0.15, 0.2) is 5.76 Å². The zero-order valence-corrected chi connectivity index (χ0v) is 11.5. The Morgan fingerprint density at radius 3 is 2.45 bits per heavy atom. The maximum Gasteiger partial charge on any atom is 0.294 e. The molecule has 4 heteroatoms. The highest BCUT2D eigenvalue weighted by molar-refractivity contribution is 6.05. The number of carbonyl (C=O) groups excluding carboxylic acids is 1. The third-order valence-electron chi connectivity index (χ3n) is 3.53. The molecule has 0 bridgehead atoms. The van der Waals surface area contributed by atoms with Gasteiger partial charge in [0.2, 0.25) is 0 Å². The molecule has 1 saturated carbocycles. The van der Waals surface area contributed by atoms with Crippen LogP contribution in [0.3, 0.4) is 0 Å². The van der Waals surface area contributed by atoms with E-state index in [1.54, 1.807) is 6.07 Å². The second-order valence-corrected chi connectivity index (χ2v) is 5.19. The Morgan fingerprint density at radius 2 is 1.95 bits per heavy atom. The summed E-state index contributed by atoms with van der Waals surface area (Å²) in [5, 5.41) is 0. The van der Waals surface area contributed by atoms with Crippen LogP contribution in [0.25, 0.3) is 0 Å². The van der Waals surface area contributed by atoms with Crippen molar-refractivity contribution >= 4 is 11.6 Å². The predicted molar refractivity (Wildman–Crippen MR) is 77.6 cm³/mol. The largest absolute Gasteiger partial charge is 0.456 e. The molecule has 1 aromatic heterocycles. The van der Waals surface area contributed by atoms with Crippen LogP contribution in [0.5, 0.6) is 0 Å². The fraction of sp³-hybridized carbons (Fsp3) is 0.312. The second-order valence-electron chi connectivity index (χ2n) is 5.19. The first-order valence-corrected chi connectivity index (χ1v) is 6.88. The average molecular weight is 270 g/mol. The molecule has 1 amide bonds. The Hall–Kier alpha value is -2.07. The number of nitrogens with two attached hydrogens (primary N) is 1.